The minimum atomic E-state index is 0.232. The average Bonchev–Trinajstić information content (AvgIpc) is 2.85. The van der Waals surface area contributed by atoms with Crippen LogP contribution >= 0.6 is 0 Å². The van der Waals surface area contributed by atoms with Crippen LogP contribution in [-0.4, -0.2) is 36.5 Å². The smallest absolute Gasteiger partial charge is 0.219 e. The number of piperidine rings is 1. The van der Waals surface area contributed by atoms with Crippen molar-refractivity contribution < 1.29 is 4.79 Å². The molecule has 2 rings (SSSR count). The standard InChI is InChI=1S/C17H32N2O/c1-14(2)12-17(8-4-5-9-17)13-18-16-6-10-19(11-7-16)15(3)20/h14,16,18H,4-13H2,1-3H3. The minimum absolute atomic E-state index is 0.232. The van der Waals surface area contributed by atoms with Gasteiger partial charge in [0, 0.05) is 32.6 Å². The molecule has 0 bridgehead atoms. The van der Waals surface area contributed by atoms with Gasteiger partial charge in [-0.05, 0) is 43.4 Å². The van der Waals surface area contributed by atoms with Gasteiger partial charge in [-0.3, -0.25) is 4.79 Å². The highest BCUT2D eigenvalue weighted by Crippen LogP contribution is 2.42. The predicted molar refractivity (Wildman–Crippen MR) is 83.6 cm³/mol. The van der Waals surface area contributed by atoms with E-state index < -0.39 is 0 Å². The van der Waals surface area contributed by atoms with E-state index in [1.807, 2.05) is 4.90 Å². The number of hydrogen-bond acceptors (Lipinski definition) is 2. The van der Waals surface area contributed by atoms with Gasteiger partial charge in [0.1, 0.15) is 0 Å². The van der Waals surface area contributed by atoms with Gasteiger partial charge in [0.05, 0.1) is 0 Å². The van der Waals surface area contributed by atoms with Crippen LogP contribution in [0.3, 0.4) is 0 Å². The Kier molecular flexibility index (Phi) is 5.48. The van der Waals surface area contributed by atoms with Gasteiger partial charge in [0.15, 0.2) is 0 Å². The van der Waals surface area contributed by atoms with E-state index in [1.54, 1.807) is 6.92 Å². The van der Waals surface area contributed by atoms with Crippen LogP contribution in [0.4, 0.5) is 0 Å². The van der Waals surface area contributed by atoms with Crippen molar-refractivity contribution in [2.45, 2.75) is 71.8 Å². The van der Waals surface area contributed by atoms with Crippen LogP contribution in [0.5, 0.6) is 0 Å². The Hall–Kier alpha value is -0.570. The monoisotopic (exact) mass is 280 g/mol. The second-order valence-corrected chi connectivity index (χ2v) is 7.47. The summed E-state index contributed by atoms with van der Waals surface area (Å²) in [4.78, 5) is 13.3. The summed E-state index contributed by atoms with van der Waals surface area (Å²) in [5.74, 6) is 1.03. The fraction of sp³-hybridized carbons (Fsp3) is 0.941. The molecule has 1 aliphatic heterocycles. The van der Waals surface area contributed by atoms with E-state index in [1.165, 1.54) is 38.6 Å². The Bertz CT molecular complexity index is 313. The number of nitrogens with zero attached hydrogens (tertiary/aromatic N) is 1. The first kappa shape index (κ1) is 15.8. The maximum absolute atomic E-state index is 11.4. The summed E-state index contributed by atoms with van der Waals surface area (Å²) in [5.41, 5.74) is 0.561. The minimum Gasteiger partial charge on any atom is -0.343 e. The van der Waals surface area contributed by atoms with E-state index >= 15 is 0 Å². The molecule has 1 saturated heterocycles. The third kappa shape index (κ3) is 4.21. The molecule has 0 unspecified atom stereocenters. The highest BCUT2D eigenvalue weighted by Gasteiger charge is 2.35. The van der Waals surface area contributed by atoms with Crippen molar-refractivity contribution >= 4 is 5.91 Å². The lowest BCUT2D eigenvalue weighted by atomic mass is 9.78. The number of hydrogen-bond donors (Lipinski definition) is 1. The lowest BCUT2D eigenvalue weighted by molar-refractivity contribution is -0.129. The van der Waals surface area contributed by atoms with Gasteiger partial charge >= 0.3 is 0 Å². The normalized spacial score (nSPS) is 23.5. The third-order valence-corrected chi connectivity index (χ3v) is 5.21. The Morgan fingerprint density at radius 2 is 1.85 bits per heavy atom. The number of likely N-dealkylation sites (tertiary alicyclic amines) is 1. The van der Waals surface area contributed by atoms with Crippen molar-refractivity contribution in [3.05, 3.63) is 0 Å². The fourth-order valence-electron chi connectivity index (χ4n) is 4.20. The molecule has 2 aliphatic rings. The van der Waals surface area contributed by atoms with Crippen molar-refractivity contribution in [2.75, 3.05) is 19.6 Å². The van der Waals surface area contributed by atoms with Crippen molar-refractivity contribution in [3.63, 3.8) is 0 Å². The van der Waals surface area contributed by atoms with E-state index in [-0.39, 0.29) is 5.91 Å². The number of carbonyl (C=O) groups excluding carboxylic acids is 1. The second kappa shape index (κ2) is 6.93. The largest absolute Gasteiger partial charge is 0.343 e. The number of amides is 1. The quantitative estimate of drug-likeness (QED) is 0.839. The van der Waals surface area contributed by atoms with Crippen LogP contribution in [0, 0.1) is 11.3 Å². The van der Waals surface area contributed by atoms with Gasteiger partial charge in [-0.15, -0.1) is 0 Å². The molecule has 0 aromatic carbocycles. The molecule has 0 spiro atoms. The maximum Gasteiger partial charge on any atom is 0.219 e. The third-order valence-electron chi connectivity index (χ3n) is 5.21. The van der Waals surface area contributed by atoms with Crippen LogP contribution in [-0.2, 0) is 4.79 Å². The van der Waals surface area contributed by atoms with Crippen LogP contribution in [0.1, 0.15) is 65.7 Å². The molecule has 1 aliphatic carbocycles. The summed E-state index contributed by atoms with van der Waals surface area (Å²) in [7, 11) is 0. The maximum atomic E-state index is 11.4. The molecule has 0 radical (unpaired) electrons. The van der Waals surface area contributed by atoms with E-state index in [4.69, 9.17) is 0 Å². The number of rotatable bonds is 5. The van der Waals surface area contributed by atoms with Gasteiger partial charge in [0.25, 0.3) is 0 Å². The van der Waals surface area contributed by atoms with E-state index in [0.717, 1.165) is 31.8 Å². The van der Waals surface area contributed by atoms with Crippen LogP contribution in [0.2, 0.25) is 0 Å². The molecule has 1 saturated carbocycles. The summed E-state index contributed by atoms with van der Waals surface area (Å²) in [6.07, 6.45) is 9.25. The molecule has 1 heterocycles. The van der Waals surface area contributed by atoms with Gasteiger partial charge in [-0.25, -0.2) is 0 Å². The van der Waals surface area contributed by atoms with Crippen LogP contribution < -0.4 is 5.32 Å². The SMILES string of the molecule is CC(=O)N1CCC(NCC2(CC(C)C)CCCC2)CC1. The first-order valence-electron chi connectivity index (χ1n) is 8.50. The zero-order valence-corrected chi connectivity index (χ0v) is 13.6. The fourth-order valence-corrected chi connectivity index (χ4v) is 4.20. The van der Waals surface area contributed by atoms with E-state index in [2.05, 4.69) is 19.2 Å². The molecule has 1 N–H and O–H groups in total. The van der Waals surface area contributed by atoms with Crippen molar-refractivity contribution in [1.82, 2.24) is 10.2 Å². The van der Waals surface area contributed by atoms with Crippen molar-refractivity contribution in [3.8, 4) is 0 Å². The molecular weight excluding hydrogens is 248 g/mol. The predicted octanol–water partition coefficient (Wildman–Crippen LogP) is 3.19. The highest BCUT2D eigenvalue weighted by atomic mass is 16.2. The number of carbonyl (C=O) groups is 1. The first-order chi connectivity index (χ1) is 9.51. The Labute approximate surface area is 124 Å². The number of nitrogens with one attached hydrogen (secondary N) is 1. The van der Waals surface area contributed by atoms with Crippen LogP contribution in [0.25, 0.3) is 0 Å². The lowest BCUT2D eigenvalue weighted by Gasteiger charge is -2.36. The molecule has 3 heteroatoms. The average molecular weight is 280 g/mol. The molecule has 116 valence electrons. The van der Waals surface area contributed by atoms with Gasteiger partial charge in [-0.2, -0.15) is 0 Å². The molecule has 3 nitrogen and oxygen atoms in total. The first-order valence-corrected chi connectivity index (χ1v) is 8.50. The molecule has 20 heavy (non-hydrogen) atoms. The summed E-state index contributed by atoms with van der Waals surface area (Å²) in [6.45, 7) is 9.45. The zero-order valence-electron chi connectivity index (χ0n) is 13.6. The second-order valence-electron chi connectivity index (χ2n) is 7.47. The van der Waals surface area contributed by atoms with Gasteiger partial charge in [-0.1, -0.05) is 26.7 Å². The topological polar surface area (TPSA) is 32.3 Å². The molecular formula is C17H32N2O. The molecule has 2 fully saturated rings. The Morgan fingerprint density at radius 3 is 2.35 bits per heavy atom. The van der Waals surface area contributed by atoms with Gasteiger partial charge in [0.2, 0.25) is 5.91 Å². The molecule has 0 aromatic heterocycles. The Balaban J connectivity index is 1.78. The highest BCUT2D eigenvalue weighted by molar-refractivity contribution is 5.73. The van der Waals surface area contributed by atoms with Gasteiger partial charge < -0.3 is 10.2 Å². The summed E-state index contributed by atoms with van der Waals surface area (Å²) in [5, 5.41) is 3.83. The summed E-state index contributed by atoms with van der Waals surface area (Å²) >= 11 is 0. The van der Waals surface area contributed by atoms with E-state index in [9.17, 15) is 4.79 Å². The lowest BCUT2D eigenvalue weighted by Crippen LogP contribution is -2.47. The zero-order chi connectivity index (χ0) is 14.6. The Morgan fingerprint density at radius 1 is 1.25 bits per heavy atom. The molecule has 0 aromatic rings. The summed E-state index contributed by atoms with van der Waals surface area (Å²) in [6, 6.07) is 0.621. The summed E-state index contributed by atoms with van der Waals surface area (Å²) < 4.78 is 0. The van der Waals surface area contributed by atoms with Crippen molar-refractivity contribution in [2.24, 2.45) is 11.3 Å². The molecule has 0 atom stereocenters. The molecule has 1 amide bonds. The van der Waals surface area contributed by atoms with E-state index in [0.29, 0.717) is 11.5 Å². The van der Waals surface area contributed by atoms with Crippen LogP contribution in [0.15, 0.2) is 0 Å². The van der Waals surface area contributed by atoms with Crippen molar-refractivity contribution in [1.29, 1.82) is 0 Å².